The Morgan fingerprint density at radius 3 is 2.67 bits per heavy atom. The first-order valence-corrected chi connectivity index (χ1v) is 6.59. The van der Waals surface area contributed by atoms with Crippen molar-refractivity contribution in [3.8, 4) is 0 Å². The molecule has 0 spiro atoms. The number of aliphatic hydroxyl groups is 1. The second kappa shape index (κ2) is 4.86. The zero-order valence-electron chi connectivity index (χ0n) is 9.36. The Balaban J connectivity index is 2.59. The first kappa shape index (κ1) is 13.0. The molecule has 5 heteroatoms. The molecule has 88 valence electrons. The predicted octanol–water partition coefficient (Wildman–Crippen LogP) is 1.79. The molecule has 1 rings (SSSR count). The van der Waals surface area contributed by atoms with Crippen molar-refractivity contribution in [3.63, 3.8) is 0 Å². The zero-order chi connectivity index (χ0) is 11.6. The number of carbonyl (C=O) groups is 1. The number of halogens is 1. The molecule has 0 saturated carbocycles. The van der Waals surface area contributed by atoms with E-state index >= 15 is 0 Å². The molecule has 0 bridgehead atoms. The van der Waals surface area contributed by atoms with Gasteiger partial charge in [0.25, 0.3) is 0 Å². The number of aliphatic hydroxyl groups excluding tert-OH is 1. The molecule has 4 nitrogen and oxygen atoms in total. The second-order valence-electron chi connectivity index (χ2n) is 4.83. The van der Waals surface area contributed by atoms with E-state index in [1.54, 1.807) is 4.90 Å². The van der Waals surface area contributed by atoms with Gasteiger partial charge in [0.1, 0.15) is 5.60 Å². The zero-order valence-corrected chi connectivity index (χ0v) is 11.5. The molecular weight excluding hydrogens is 309 g/mol. The van der Waals surface area contributed by atoms with Gasteiger partial charge in [0.15, 0.2) is 0 Å². The van der Waals surface area contributed by atoms with Gasteiger partial charge in [0.2, 0.25) is 0 Å². The molecule has 1 aliphatic rings. The number of amides is 1. The minimum Gasteiger partial charge on any atom is -0.444 e. The summed E-state index contributed by atoms with van der Waals surface area (Å²) < 4.78 is 6.10. The largest absolute Gasteiger partial charge is 0.444 e. The molecule has 1 fully saturated rings. The Hall–Kier alpha value is -0.0400. The lowest BCUT2D eigenvalue weighted by Crippen LogP contribution is -2.40. The van der Waals surface area contributed by atoms with Crippen LogP contribution < -0.4 is 0 Å². The van der Waals surface area contributed by atoms with Crippen molar-refractivity contribution >= 4 is 28.7 Å². The molecule has 0 unspecified atom stereocenters. The van der Waals surface area contributed by atoms with Gasteiger partial charge < -0.3 is 14.7 Å². The van der Waals surface area contributed by atoms with Crippen molar-refractivity contribution in [3.05, 3.63) is 0 Å². The highest BCUT2D eigenvalue weighted by molar-refractivity contribution is 14.1. The number of carbonyl (C=O) groups excluding carboxylic acids is 1. The fourth-order valence-electron chi connectivity index (χ4n) is 1.58. The standard InChI is InChI=1S/C10H18INO3/c1-10(2,3)15-9(14)12-6-8(13)4-7(12)5-11/h7-8,13H,4-6H2,1-3H3/t7-,8-/m1/s1. The van der Waals surface area contributed by atoms with Gasteiger partial charge in [0, 0.05) is 10.5 Å². The number of nitrogens with zero attached hydrogens (tertiary/aromatic N) is 1. The van der Waals surface area contributed by atoms with E-state index in [9.17, 15) is 9.90 Å². The van der Waals surface area contributed by atoms with E-state index in [2.05, 4.69) is 22.6 Å². The van der Waals surface area contributed by atoms with E-state index < -0.39 is 11.7 Å². The lowest BCUT2D eigenvalue weighted by atomic mass is 10.2. The molecule has 1 aliphatic heterocycles. The van der Waals surface area contributed by atoms with Gasteiger partial charge in [-0.05, 0) is 27.2 Å². The van der Waals surface area contributed by atoms with Crippen LogP contribution in [0, 0.1) is 0 Å². The summed E-state index contributed by atoms with van der Waals surface area (Å²) in [6, 6.07) is 0.107. The van der Waals surface area contributed by atoms with Crippen molar-refractivity contribution in [2.45, 2.75) is 44.9 Å². The number of hydrogen-bond donors (Lipinski definition) is 1. The van der Waals surface area contributed by atoms with Gasteiger partial charge in [-0.3, -0.25) is 0 Å². The molecule has 0 radical (unpaired) electrons. The number of hydrogen-bond acceptors (Lipinski definition) is 3. The summed E-state index contributed by atoms with van der Waals surface area (Å²) in [6.07, 6.45) is -0.0691. The molecule has 1 N–H and O–H groups in total. The van der Waals surface area contributed by atoms with E-state index in [0.717, 1.165) is 4.43 Å². The first-order chi connectivity index (χ1) is 6.83. The highest BCUT2D eigenvalue weighted by Crippen LogP contribution is 2.22. The van der Waals surface area contributed by atoms with Crippen molar-refractivity contribution in [1.82, 2.24) is 4.90 Å². The van der Waals surface area contributed by atoms with Crippen LogP contribution in [-0.2, 0) is 4.74 Å². The summed E-state index contributed by atoms with van der Waals surface area (Å²) in [5.41, 5.74) is -0.472. The maximum absolute atomic E-state index is 11.8. The van der Waals surface area contributed by atoms with Crippen LogP contribution in [0.25, 0.3) is 0 Å². The van der Waals surface area contributed by atoms with Crippen molar-refractivity contribution < 1.29 is 14.6 Å². The highest BCUT2D eigenvalue weighted by atomic mass is 127. The maximum Gasteiger partial charge on any atom is 0.410 e. The Kier molecular flexibility index (Phi) is 4.22. The topological polar surface area (TPSA) is 49.8 Å². The van der Waals surface area contributed by atoms with Crippen molar-refractivity contribution in [2.24, 2.45) is 0 Å². The van der Waals surface area contributed by atoms with Gasteiger partial charge in [-0.2, -0.15) is 0 Å². The molecule has 0 aromatic rings. The average Bonchev–Trinajstić information content (AvgIpc) is 2.43. The Bertz CT molecular complexity index is 239. The molecule has 0 aliphatic carbocycles. The number of likely N-dealkylation sites (tertiary alicyclic amines) is 1. The van der Waals surface area contributed by atoms with Crippen molar-refractivity contribution in [2.75, 3.05) is 11.0 Å². The minimum atomic E-state index is -0.472. The summed E-state index contributed by atoms with van der Waals surface area (Å²) in [5.74, 6) is 0. The van der Waals surface area contributed by atoms with E-state index in [1.807, 2.05) is 20.8 Å². The van der Waals surface area contributed by atoms with Crippen LogP contribution in [0.15, 0.2) is 0 Å². The van der Waals surface area contributed by atoms with E-state index in [1.165, 1.54) is 0 Å². The predicted molar refractivity (Wildman–Crippen MR) is 66.2 cm³/mol. The number of alkyl halides is 1. The smallest absolute Gasteiger partial charge is 0.410 e. The van der Waals surface area contributed by atoms with Crippen LogP contribution in [-0.4, -0.2) is 44.8 Å². The molecular formula is C10H18INO3. The molecule has 1 heterocycles. The van der Waals surface area contributed by atoms with Crippen LogP contribution in [0.3, 0.4) is 0 Å². The van der Waals surface area contributed by atoms with Gasteiger partial charge in [-0.15, -0.1) is 0 Å². The fraction of sp³-hybridized carbons (Fsp3) is 0.900. The normalized spacial score (nSPS) is 26.9. The molecule has 0 aromatic carbocycles. The Labute approximate surface area is 104 Å². The molecule has 2 atom stereocenters. The minimum absolute atomic E-state index is 0.107. The summed E-state index contributed by atoms with van der Waals surface area (Å²) in [6.45, 7) is 5.92. The summed E-state index contributed by atoms with van der Waals surface area (Å²) >= 11 is 2.22. The number of ether oxygens (including phenoxy) is 1. The van der Waals surface area contributed by atoms with Gasteiger partial charge in [-0.1, -0.05) is 22.6 Å². The van der Waals surface area contributed by atoms with Gasteiger partial charge >= 0.3 is 6.09 Å². The third-order valence-corrected chi connectivity index (χ3v) is 3.22. The summed E-state index contributed by atoms with van der Waals surface area (Å²) in [7, 11) is 0. The van der Waals surface area contributed by atoms with E-state index in [0.29, 0.717) is 13.0 Å². The highest BCUT2D eigenvalue weighted by Gasteiger charge is 2.35. The van der Waals surface area contributed by atoms with Gasteiger partial charge in [0.05, 0.1) is 12.6 Å². The number of β-amino-alcohol motifs (C(OH)–C–C–N with tert-alkyl or cyclic N) is 1. The van der Waals surface area contributed by atoms with Crippen LogP contribution in [0.5, 0.6) is 0 Å². The lowest BCUT2D eigenvalue weighted by Gasteiger charge is -2.27. The first-order valence-electron chi connectivity index (χ1n) is 5.07. The average molecular weight is 327 g/mol. The van der Waals surface area contributed by atoms with Crippen LogP contribution in [0.2, 0.25) is 0 Å². The van der Waals surface area contributed by atoms with E-state index in [-0.39, 0.29) is 12.1 Å². The number of rotatable bonds is 1. The van der Waals surface area contributed by atoms with Crippen LogP contribution in [0.1, 0.15) is 27.2 Å². The molecule has 15 heavy (non-hydrogen) atoms. The SMILES string of the molecule is CC(C)(C)OC(=O)N1C[C@H](O)C[C@@H]1CI. The van der Waals surface area contributed by atoms with Crippen molar-refractivity contribution in [1.29, 1.82) is 0 Å². The third kappa shape index (κ3) is 3.79. The van der Waals surface area contributed by atoms with Crippen LogP contribution >= 0.6 is 22.6 Å². The molecule has 1 amide bonds. The maximum atomic E-state index is 11.8. The summed E-state index contributed by atoms with van der Waals surface area (Å²) in [4.78, 5) is 13.4. The lowest BCUT2D eigenvalue weighted by molar-refractivity contribution is 0.0224. The Morgan fingerprint density at radius 1 is 1.60 bits per heavy atom. The Morgan fingerprint density at radius 2 is 2.20 bits per heavy atom. The monoisotopic (exact) mass is 327 g/mol. The quantitative estimate of drug-likeness (QED) is 0.590. The summed E-state index contributed by atoms with van der Waals surface area (Å²) in [5, 5.41) is 9.50. The molecule has 1 saturated heterocycles. The van der Waals surface area contributed by atoms with E-state index in [4.69, 9.17) is 4.74 Å². The van der Waals surface area contributed by atoms with Gasteiger partial charge in [-0.25, -0.2) is 4.79 Å². The second-order valence-corrected chi connectivity index (χ2v) is 5.71. The molecule has 0 aromatic heterocycles. The van der Waals surface area contributed by atoms with Crippen LogP contribution in [0.4, 0.5) is 4.79 Å². The third-order valence-electron chi connectivity index (χ3n) is 2.20. The fourth-order valence-corrected chi connectivity index (χ4v) is 2.42.